The van der Waals surface area contributed by atoms with Crippen molar-refractivity contribution in [1.29, 1.82) is 5.41 Å². The van der Waals surface area contributed by atoms with Crippen LogP contribution in [0.25, 0.3) is 5.57 Å². The molecule has 2 aromatic rings. The van der Waals surface area contributed by atoms with E-state index < -0.39 is 0 Å². The minimum atomic E-state index is 0.115. The van der Waals surface area contributed by atoms with Crippen molar-refractivity contribution in [1.82, 2.24) is 10.6 Å². The van der Waals surface area contributed by atoms with Crippen LogP contribution in [-0.2, 0) is 17.9 Å². The van der Waals surface area contributed by atoms with Crippen molar-refractivity contribution in [3.05, 3.63) is 99.6 Å². The van der Waals surface area contributed by atoms with Crippen LogP contribution in [0.4, 0.5) is 3.89 Å². The second kappa shape index (κ2) is 15.1. The fourth-order valence-corrected chi connectivity index (χ4v) is 3.64. The van der Waals surface area contributed by atoms with E-state index in [9.17, 15) is 8.68 Å². The number of aryl methyl sites for hydroxylation is 1. The predicted octanol–water partition coefficient (Wildman–Crippen LogP) is 7.67. The quantitative estimate of drug-likeness (QED) is 0.216. The number of allylic oxidation sites excluding steroid dienone is 5. The summed E-state index contributed by atoms with van der Waals surface area (Å²) >= 11 is 0.115. The third-order valence-electron chi connectivity index (χ3n) is 5.84. The molecule has 1 amide bonds. The van der Waals surface area contributed by atoms with Crippen LogP contribution >= 0.6 is 12.1 Å². The molecular formula is C30H38FN3OS. The lowest BCUT2D eigenvalue weighted by Crippen LogP contribution is -2.22. The Bertz CT molecular complexity index is 1100. The van der Waals surface area contributed by atoms with Crippen LogP contribution in [0.2, 0.25) is 0 Å². The van der Waals surface area contributed by atoms with E-state index in [1.165, 1.54) is 29.5 Å². The lowest BCUT2D eigenvalue weighted by atomic mass is 10.0. The van der Waals surface area contributed by atoms with E-state index in [0.29, 0.717) is 23.8 Å². The molecule has 1 fully saturated rings. The highest BCUT2D eigenvalue weighted by Gasteiger charge is 2.24. The molecule has 36 heavy (non-hydrogen) atoms. The molecule has 3 N–H and O–H groups in total. The maximum Gasteiger partial charge on any atom is 0.220 e. The maximum atomic E-state index is 11.8. The van der Waals surface area contributed by atoms with Crippen molar-refractivity contribution in [2.75, 3.05) is 0 Å². The van der Waals surface area contributed by atoms with Gasteiger partial charge in [-0.1, -0.05) is 60.7 Å². The third-order valence-corrected chi connectivity index (χ3v) is 6.54. The Morgan fingerprint density at radius 2 is 1.64 bits per heavy atom. The molecule has 3 rings (SSSR count). The Hall–Kier alpha value is -3.12. The summed E-state index contributed by atoms with van der Waals surface area (Å²) in [6, 6.07) is 16.7. The summed E-state index contributed by atoms with van der Waals surface area (Å²) in [7, 11) is 0. The van der Waals surface area contributed by atoms with Crippen LogP contribution < -0.4 is 10.6 Å². The van der Waals surface area contributed by atoms with E-state index >= 15 is 0 Å². The zero-order valence-electron chi connectivity index (χ0n) is 21.8. The number of carbonyl (C=O) groups is 1. The maximum absolute atomic E-state index is 11.8. The van der Waals surface area contributed by atoms with Gasteiger partial charge in [-0.25, -0.2) is 0 Å². The van der Waals surface area contributed by atoms with Gasteiger partial charge in [-0.2, -0.15) is 3.89 Å². The van der Waals surface area contributed by atoms with E-state index in [1.54, 1.807) is 13.8 Å². The zero-order valence-corrected chi connectivity index (χ0v) is 22.6. The predicted molar refractivity (Wildman–Crippen MR) is 152 cm³/mol. The van der Waals surface area contributed by atoms with Crippen molar-refractivity contribution in [2.24, 2.45) is 5.92 Å². The number of nitrogens with one attached hydrogen (secondary N) is 3. The summed E-state index contributed by atoms with van der Waals surface area (Å²) in [5.74, 6) is 0.800. The number of rotatable bonds is 11. The van der Waals surface area contributed by atoms with Gasteiger partial charge >= 0.3 is 0 Å². The molecule has 0 spiro atoms. The molecule has 0 heterocycles. The first kappa shape index (κ1) is 29.1. The molecule has 0 aromatic heterocycles. The Balaban J connectivity index is 0.000000493. The number of benzene rings is 2. The highest BCUT2D eigenvalue weighted by Crippen LogP contribution is 2.32. The molecule has 0 radical (unpaired) electrons. The van der Waals surface area contributed by atoms with Gasteiger partial charge in [0.15, 0.2) is 0 Å². The Morgan fingerprint density at radius 3 is 2.11 bits per heavy atom. The second-order valence-electron chi connectivity index (χ2n) is 9.35. The van der Waals surface area contributed by atoms with Gasteiger partial charge in [0.05, 0.1) is 17.1 Å². The van der Waals surface area contributed by atoms with Crippen molar-refractivity contribution in [3.63, 3.8) is 0 Å². The van der Waals surface area contributed by atoms with Crippen molar-refractivity contribution < 1.29 is 8.68 Å². The first-order chi connectivity index (χ1) is 17.2. The number of carbonyl (C=O) groups excluding carboxylic acids is 1. The molecule has 192 valence electrons. The first-order valence-electron chi connectivity index (χ1n) is 12.2. The topological polar surface area (TPSA) is 65.0 Å². The average Bonchev–Trinajstić information content (AvgIpc) is 3.67. The average molecular weight is 508 g/mol. The standard InChI is InChI=1S/C25H30N2O.C5H8FNS/c1-18-6-4-5-7-24(18)19(2)14-20(3)26-16-22-10-12-23(13-11-22)17-27-25(28)15-21-8-9-21;1-4(2)5(3-7)8-6/h4-7,10-14,21,26H,2,8-9,15-17H2,1,3H3,(H,27,28);3,7H,1-2H3/b20-14+;. The molecular weight excluding hydrogens is 469 g/mol. The summed E-state index contributed by atoms with van der Waals surface area (Å²) in [6.45, 7) is 13.3. The van der Waals surface area contributed by atoms with E-state index in [4.69, 9.17) is 5.41 Å². The summed E-state index contributed by atoms with van der Waals surface area (Å²) in [5.41, 5.74) is 7.70. The second-order valence-corrected chi connectivity index (χ2v) is 9.94. The summed E-state index contributed by atoms with van der Waals surface area (Å²) < 4.78 is 11.6. The van der Waals surface area contributed by atoms with Crippen molar-refractivity contribution >= 4 is 29.8 Å². The van der Waals surface area contributed by atoms with Gasteiger partial charge in [0, 0.05) is 31.4 Å². The van der Waals surface area contributed by atoms with E-state index in [-0.39, 0.29) is 18.1 Å². The summed E-state index contributed by atoms with van der Waals surface area (Å²) in [6.07, 6.45) is 6.20. The van der Waals surface area contributed by atoms with Crippen molar-refractivity contribution in [2.45, 2.75) is 60.0 Å². The normalized spacial score (nSPS) is 12.6. The molecule has 2 aromatic carbocycles. The number of amides is 1. The molecule has 0 aliphatic heterocycles. The van der Waals surface area contributed by atoms with E-state index in [1.807, 2.05) is 12.1 Å². The minimum Gasteiger partial charge on any atom is -0.384 e. The lowest BCUT2D eigenvalue weighted by Gasteiger charge is -2.10. The molecule has 1 saturated carbocycles. The molecule has 4 nitrogen and oxygen atoms in total. The SMILES string of the molecule is C=C(/C=C(\C)NCc1ccc(CNC(=O)CC2CC2)cc1)c1ccccc1C.CC(C)=C(C=N)SF. The minimum absolute atomic E-state index is 0.115. The smallest absolute Gasteiger partial charge is 0.220 e. The number of hydrogen-bond donors (Lipinski definition) is 3. The fourth-order valence-electron chi connectivity index (χ4n) is 3.44. The van der Waals surface area contributed by atoms with E-state index in [0.717, 1.165) is 35.2 Å². The molecule has 1 aliphatic carbocycles. The number of hydrogen-bond acceptors (Lipinski definition) is 4. The zero-order chi connectivity index (χ0) is 26.5. The molecule has 0 bridgehead atoms. The Morgan fingerprint density at radius 1 is 1.06 bits per heavy atom. The molecule has 0 atom stereocenters. The molecule has 6 heteroatoms. The van der Waals surface area contributed by atoms with Gasteiger partial charge in [0.2, 0.25) is 5.91 Å². The van der Waals surface area contributed by atoms with Crippen molar-refractivity contribution in [3.8, 4) is 0 Å². The van der Waals surface area contributed by atoms with Gasteiger partial charge in [-0.3, -0.25) is 4.79 Å². The largest absolute Gasteiger partial charge is 0.384 e. The molecule has 0 unspecified atom stereocenters. The van der Waals surface area contributed by atoms with Gasteiger partial charge in [0.25, 0.3) is 0 Å². The number of halogens is 1. The monoisotopic (exact) mass is 507 g/mol. The fraction of sp³-hybridized carbons (Fsp3) is 0.333. The first-order valence-corrected chi connectivity index (χ1v) is 12.9. The Kier molecular flexibility index (Phi) is 12.2. The Labute approximate surface area is 220 Å². The van der Waals surface area contributed by atoms with Crippen LogP contribution in [0.1, 0.15) is 62.3 Å². The summed E-state index contributed by atoms with van der Waals surface area (Å²) in [5, 5.41) is 13.1. The highest BCUT2D eigenvalue weighted by atomic mass is 32.2. The van der Waals surface area contributed by atoms with Crippen LogP contribution in [0.15, 0.2) is 77.4 Å². The van der Waals surface area contributed by atoms with Gasteiger partial charge in [0.1, 0.15) is 0 Å². The molecule has 0 saturated heterocycles. The third kappa shape index (κ3) is 10.6. The van der Waals surface area contributed by atoms with Crippen LogP contribution in [0, 0.1) is 18.3 Å². The van der Waals surface area contributed by atoms with Gasteiger partial charge < -0.3 is 16.0 Å². The van der Waals surface area contributed by atoms with Crippen LogP contribution in [-0.4, -0.2) is 12.1 Å². The van der Waals surface area contributed by atoms with E-state index in [2.05, 4.69) is 73.5 Å². The lowest BCUT2D eigenvalue weighted by molar-refractivity contribution is -0.121. The molecule has 1 aliphatic rings. The highest BCUT2D eigenvalue weighted by molar-refractivity contribution is 7.99. The van der Waals surface area contributed by atoms with Gasteiger partial charge in [-0.15, -0.1) is 0 Å². The summed E-state index contributed by atoms with van der Waals surface area (Å²) in [4.78, 5) is 12.2. The van der Waals surface area contributed by atoms with Crippen LogP contribution in [0.5, 0.6) is 0 Å². The van der Waals surface area contributed by atoms with Crippen LogP contribution in [0.3, 0.4) is 0 Å². The van der Waals surface area contributed by atoms with Gasteiger partial charge in [-0.05, 0) is 80.4 Å².